The highest BCUT2D eigenvalue weighted by molar-refractivity contribution is 5.95. The van der Waals surface area contributed by atoms with E-state index >= 15 is 0 Å². The molecule has 0 radical (unpaired) electrons. The molecule has 0 aliphatic heterocycles. The Balaban J connectivity index is 2.48. The number of carbonyl (C=O) groups excluding carboxylic acids is 1. The van der Waals surface area contributed by atoms with Gasteiger partial charge in [-0.3, -0.25) is 4.79 Å². The Morgan fingerprint density at radius 2 is 1.89 bits per heavy atom. The van der Waals surface area contributed by atoms with Crippen LogP contribution in [0.2, 0.25) is 0 Å². The van der Waals surface area contributed by atoms with Gasteiger partial charge in [0.05, 0.1) is 0 Å². The Kier molecular flexibility index (Phi) is 3.57. The van der Waals surface area contributed by atoms with Crippen molar-refractivity contribution in [2.45, 2.75) is 13.0 Å². The zero-order valence-corrected chi connectivity index (χ0v) is 10.3. The summed E-state index contributed by atoms with van der Waals surface area (Å²) in [6, 6.07) is 7.61. The van der Waals surface area contributed by atoms with Crippen molar-refractivity contribution < 1.29 is 24.9 Å². The zero-order valence-electron chi connectivity index (χ0n) is 10.3. The number of hydrogen-bond acceptors (Lipinski definition) is 5. The molecule has 2 aromatic rings. The summed E-state index contributed by atoms with van der Waals surface area (Å²) in [7, 11) is 0. The Morgan fingerprint density at radius 3 is 2.58 bits per heavy atom. The third-order valence-corrected chi connectivity index (χ3v) is 2.83. The van der Waals surface area contributed by atoms with Crippen molar-refractivity contribution in [2.75, 3.05) is 6.61 Å². The van der Waals surface area contributed by atoms with E-state index in [0.717, 1.165) is 0 Å². The second-order valence-corrected chi connectivity index (χ2v) is 4.19. The van der Waals surface area contributed by atoms with Gasteiger partial charge in [0, 0.05) is 17.7 Å². The van der Waals surface area contributed by atoms with Gasteiger partial charge in [-0.25, -0.2) is 0 Å². The van der Waals surface area contributed by atoms with Crippen LogP contribution < -0.4 is 0 Å². The number of ether oxygens (including phenoxy) is 1. The topological polar surface area (TPSA) is 87.0 Å². The maximum atomic E-state index is 10.7. The molecule has 0 bridgehead atoms. The molecule has 0 aliphatic rings. The number of phenolic OH excluding ortho intramolecular Hbond substituents is 2. The third-order valence-electron chi connectivity index (χ3n) is 2.83. The highest BCUT2D eigenvalue weighted by Gasteiger charge is 2.16. The average molecular weight is 262 g/mol. The molecule has 2 aromatic carbocycles. The second-order valence-electron chi connectivity index (χ2n) is 4.19. The van der Waals surface area contributed by atoms with E-state index in [4.69, 9.17) is 4.74 Å². The molecule has 0 fully saturated rings. The van der Waals surface area contributed by atoms with E-state index in [-0.39, 0.29) is 18.1 Å². The highest BCUT2D eigenvalue weighted by atomic mass is 16.5. The number of aromatic hydroxyl groups is 2. The number of aliphatic hydroxyl groups is 1. The summed E-state index contributed by atoms with van der Waals surface area (Å²) in [5.74, 6) is -0.536. The van der Waals surface area contributed by atoms with E-state index < -0.39 is 12.1 Å². The SMILES string of the molecule is CC(=O)OCC(O)c1cccc2c(O)ccc(O)c12. The fraction of sp³-hybridized carbons (Fsp3) is 0.214. The van der Waals surface area contributed by atoms with Gasteiger partial charge in [-0.15, -0.1) is 0 Å². The number of esters is 1. The molecule has 5 heteroatoms. The second kappa shape index (κ2) is 5.16. The van der Waals surface area contributed by atoms with Gasteiger partial charge in [0.1, 0.15) is 24.2 Å². The number of fused-ring (bicyclic) bond motifs is 1. The van der Waals surface area contributed by atoms with E-state index in [1.165, 1.54) is 19.1 Å². The number of carbonyl (C=O) groups is 1. The predicted molar refractivity (Wildman–Crippen MR) is 68.9 cm³/mol. The van der Waals surface area contributed by atoms with Crippen LogP contribution in [0.1, 0.15) is 18.6 Å². The summed E-state index contributed by atoms with van der Waals surface area (Å²) in [6.45, 7) is 1.04. The highest BCUT2D eigenvalue weighted by Crippen LogP contribution is 2.36. The normalized spacial score (nSPS) is 12.3. The van der Waals surface area contributed by atoms with Crippen molar-refractivity contribution in [3.63, 3.8) is 0 Å². The first-order chi connectivity index (χ1) is 9.00. The molecule has 0 saturated carbocycles. The van der Waals surface area contributed by atoms with Gasteiger partial charge in [0.25, 0.3) is 0 Å². The standard InChI is InChI=1S/C14H14O5/c1-8(15)19-7-13(18)10-4-2-3-9-11(16)5-6-12(17)14(9)10/h2-6,13,16-18H,7H2,1H3. The maximum absolute atomic E-state index is 10.7. The Morgan fingerprint density at radius 1 is 1.21 bits per heavy atom. The van der Waals surface area contributed by atoms with Gasteiger partial charge < -0.3 is 20.1 Å². The summed E-state index contributed by atoms with van der Waals surface area (Å²) in [5, 5.41) is 30.4. The molecule has 19 heavy (non-hydrogen) atoms. The molecule has 1 atom stereocenters. The minimum atomic E-state index is -1.07. The lowest BCUT2D eigenvalue weighted by Crippen LogP contribution is -2.10. The fourth-order valence-electron chi connectivity index (χ4n) is 1.96. The van der Waals surface area contributed by atoms with Crippen LogP contribution in [-0.4, -0.2) is 27.9 Å². The van der Waals surface area contributed by atoms with Crippen LogP contribution in [0.25, 0.3) is 10.8 Å². The molecule has 0 aromatic heterocycles. The molecular formula is C14H14O5. The third kappa shape index (κ3) is 2.61. The van der Waals surface area contributed by atoms with Gasteiger partial charge in [0.15, 0.2) is 0 Å². The Labute approximate surface area is 109 Å². The van der Waals surface area contributed by atoms with Crippen LogP contribution in [-0.2, 0) is 9.53 Å². The summed E-state index contributed by atoms with van der Waals surface area (Å²) in [6.07, 6.45) is -1.07. The molecule has 5 nitrogen and oxygen atoms in total. The van der Waals surface area contributed by atoms with Crippen molar-refractivity contribution in [3.8, 4) is 11.5 Å². The van der Waals surface area contributed by atoms with Crippen LogP contribution in [0.4, 0.5) is 0 Å². The van der Waals surface area contributed by atoms with Gasteiger partial charge >= 0.3 is 5.97 Å². The van der Waals surface area contributed by atoms with Crippen molar-refractivity contribution in [1.29, 1.82) is 0 Å². The van der Waals surface area contributed by atoms with Crippen molar-refractivity contribution in [1.82, 2.24) is 0 Å². The molecule has 0 heterocycles. The van der Waals surface area contributed by atoms with Crippen molar-refractivity contribution >= 4 is 16.7 Å². The molecular weight excluding hydrogens is 248 g/mol. The summed E-state index contributed by atoms with van der Waals surface area (Å²) < 4.78 is 4.74. The van der Waals surface area contributed by atoms with Gasteiger partial charge in [-0.05, 0) is 17.7 Å². The summed E-state index contributed by atoms with van der Waals surface area (Å²) >= 11 is 0. The Hall–Kier alpha value is -2.27. The zero-order chi connectivity index (χ0) is 14.0. The molecule has 0 spiro atoms. The molecule has 1 unspecified atom stereocenters. The quantitative estimate of drug-likeness (QED) is 0.580. The number of benzene rings is 2. The molecule has 0 saturated heterocycles. The maximum Gasteiger partial charge on any atom is 0.302 e. The Bertz CT molecular complexity index is 621. The molecule has 0 amide bonds. The monoisotopic (exact) mass is 262 g/mol. The number of aliphatic hydroxyl groups excluding tert-OH is 1. The van der Waals surface area contributed by atoms with Gasteiger partial charge in [0.2, 0.25) is 0 Å². The van der Waals surface area contributed by atoms with Crippen LogP contribution in [0.15, 0.2) is 30.3 Å². The van der Waals surface area contributed by atoms with Crippen LogP contribution >= 0.6 is 0 Å². The van der Waals surface area contributed by atoms with E-state index in [1.807, 2.05) is 0 Å². The van der Waals surface area contributed by atoms with E-state index in [0.29, 0.717) is 16.3 Å². The first kappa shape index (κ1) is 13.2. The first-order valence-corrected chi connectivity index (χ1v) is 5.75. The minimum Gasteiger partial charge on any atom is -0.507 e. The summed E-state index contributed by atoms with van der Waals surface area (Å²) in [5.41, 5.74) is 0.396. The smallest absolute Gasteiger partial charge is 0.302 e. The number of hydrogen-bond donors (Lipinski definition) is 3. The van der Waals surface area contributed by atoms with Crippen LogP contribution in [0, 0.1) is 0 Å². The number of rotatable bonds is 3. The van der Waals surface area contributed by atoms with E-state index in [1.54, 1.807) is 18.2 Å². The predicted octanol–water partition coefficient (Wildman–Crippen LogP) is 1.85. The lowest BCUT2D eigenvalue weighted by Gasteiger charge is -2.15. The summed E-state index contributed by atoms with van der Waals surface area (Å²) in [4.78, 5) is 10.7. The fourth-order valence-corrected chi connectivity index (χ4v) is 1.96. The number of phenols is 2. The lowest BCUT2D eigenvalue weighted by molar-refractivity contribution is -0.144. The van der Waals surface area contributed by atoms with Crippen LogP contribution in [0.5, 0.6) is 11.5 Å². The van der Waals surface area contributed by atoms with E-state index in [2.05, 4.69) is 0 Å². The van der Waals surface area contributed by atoms with Crippen molar-refractivity contribution in [3.05, 3.63) is 35.9 Å². The molecule has 2 rings (SSSR count). The molecule has 100 valence electrons. The molecule has 0 aliphatic carbocycles. The van der Waals surface area contributed by atoms with E-state index in [9.17, 15) is 20.1 Å². The molecule has 3 N–H and O–H groups in total. The average Bonchev–Trinajstić information content (AvgIpc) is 2.39. The largest absolute Gasteiger partial charge is 0.507 e. The minimum absolute atomic E-state index is 0.00864. The van der Waals surface area contributed by atoms with Crippen LogP contribution in [0.3, 0.4) is 0 Å². The lowest BCUT2D eigenvalue weighted by atomic mass is 9.99. The van der Waals surface area contributed by atoms with Gasteiger partial charge in [-0.2, -0.15) is 0 Å². The van der Waals surface area contributed by atoms with Crippen molar-refractivity contribution in [2.24, 2.45) is 0 Å². The van der Waals surface area contributed by atoms with Gasteiger partial charge in [-0.1, -0.05) is 18.2 Å². The first-order valence-electron chi connectivity index (χ1n) is 5.75.